The average Bonchev–Trinajstić information content (AvgIpc) is 3.42. The number of anilines is 2. The van der Waals surface area contributed by atoms with Crippen LogP contribution in [0.2, 0.25) is 0 Å². The Labute approximate surface area is 277 Å². The molecular weight excluding hydrogens is 614 g/mol. The minimum atomic E-state index is -0.675. The van der Waals surface area contributed by atoms with E-state index in [4.69, 9.17) is 24.6 Å². The van der Waals surface area contributed by atoms with Gasteiger partial charge >= 0.3 is 12.1 Å². The van der Waals surface area contributed by atoms with Gasteiger partial charge in [-0.15, -0.1) is 0 Å². The van der Waals surface area contributed by atoms with E-state index in [1.165, 1.54) is 12.0 Å². The van der Waals surface area contributed by atoms with Gasteiger partial charge in [0, 0.05) is 36.6 Å². The summed E-state index contributed by atoms with van der Waals surface area (Å²) in [4.78, 5) is 48.8. The first kappa shape index (κ1) is 33.1. The first-order chi connectivity index (χ1) is 23.3. The number of fused-ring (bicyclic) bond motifs is 1. The fraction of sp³-hybridized carbons (Fsp3) is 0.200. The van der Waals surface area contributed by atoms with Crippen molar-refractivity contribution in [3.8, 4) is 11.5 Å². The number of rotatable bonds is 12. The molecule has 0 atom stereocenters. The quantitative estimate of drug-likeness (QED) is 0.0705. The number of nitrogens with zero attached hydrogens (tertiary/aromatic N) is 4. The molecule has 0 fully saturated rings. The molecule has 13 heteroatoms. The summed E-state index contributed by atoms with van der Waals surface area (Å²) in [5.74, 6) is 0.942. The average molecular weight is 650 g/mol. The Morgan fingerprint density at radius 3 is 2.38 bits per heavy atom. The zero-order valence-electron chi connectivity index (χ0n) is 26.7. The Kier molecular flexibility index (Phi) is 10.6. The van der Waals surface area contributed by atoms with Gasteiger partial charge in [-0.2, -0.15) is 0 Å². The lowest BCUT2D eigenvalue weighted by Gasteiger charge is -2.21. The summed E-state index contributed by atoms with van der Waals surface area (Å²) >= 11 is 0. The van der Waals surface area contributed by atoms with Gasteiger partial charge in [0.2, 0.25) is 0 Å². The number of esters is 1. The molecule has 3 aromatic carbocycles. The molecule has 0 aliphatic carbocycles. The Bertz CT molecular complexity index is 1930. The molecule has 0 saturated carbocycles. The first-order valence-electron chi connectivity index (χ1n) is 15.2. The van der Waals surface area contributed by atoms with Gasteiger partial charge in [-0.05, 0) is 73.7 Å². The number of amides is 2. The predicted molar refractivity (Wildman–Crippen MR) is 181 cm³/mol. The van der Waals surface area contributed by atoms with Crippen LogP contribution < -0.4 is 25.0 Å². The van der Waals surface area contributed by atoms with Crippen molar-refractivity contribution < 1.29 is 28.6 Å². The summed E-state index contributed by atoms with van der Waals surface area (Å²) < 4.78 is 17.5. The third-order valence-corrected chi connectivity index (χ3v) is 7.35. The molecule has 5 rings (SSSR count). The lowest BCUT2D eigenvalue weighted by molar-refractivity contribution is -0.134. The zero-order chi connectivity index (χ0) is 34.0. The highest BCUT2D eigenvalue weighted by molar-refractivity contribution is 6.07. The minimum absolute atomic E-state index is 0.0381. The smallest absolute Gasteiger partial charge is 0.412 e. The number of carbonyl (C=O) groups is 3. The van der Waals surface area contributed by atoms with Gasteiger partial charge in [0.25, 0.3) is 5.91 Å². The van der Waals surface area contributed by atoms with Crippen molar-refractivity contribution in [2.45, 2.75) is 19.9 Å². The topological polar surface area (TPSA) is 161 Å². The molecule has 3 N–H and O–H groups in total. The van der Waals surface area contributed by atoms with Crippen LogP contribution in [-0.2, 0) is 23.1 Å². The number of aromatic nitrogens is 3. The number of pyridine rings is 1. The van der Waals surface area contributed by atoms with E-state index >= 15 is 0 Å². The number of ether oxygens (including phenoxy) is 3. The van der Waals surface area contributed by atoms with Crippen molar-refractivity contribution in [2.24, 2.45) is 7.05 Å². The number of nitrogens with one attached hydrogen (secondary N) is 3. The summed E-state index contributed by atoms with van der Waals surface area (Å²) in [5, 5.41) is 13.8. The van der Waals surface area contributed by atoms with Crippen molar-refractivity contribution in [1.29, 1.82) is 5.41 Å². The van der Waals surface area contributed by atoms with E-state index in [1.807, 2.05) is 17.7 Å². The predicted octanol–water partition coefficient (Wildman–Crippen LogP) is 5.30. The number of aryl methyl sites for hydroxylation is 1. The molecule has 48 heavy (non-hydrogen) atoms. The molecule has 2 amide bonds. The van der Waals surface area contributed by atoms with E-state index in [-0.39, 0.29) is 31.3 Å². The van der Waals surface area contributed by atoms with Crippen molar-refractivity contribution >= 4 is 46.3 Å². The fourth-order valence-corrected chi connectivity index (χ4v) is 4.89. The van der Waals surface area contributed by atoms with E-state index in [2.05, 4.69) is 15.6 Å². The highest BCUT2D eigenvalue weighted by Crippen LogP contribution is 2.26. The molecule has 5 aromatic rings. The van der Waals surface area contributed by atoms with Crippen LogP contribution in [0, 0.1) is 5.41 Å². The van der Waals surface area contributed by atoms with Gasteiger partial charge in [-0.1, -0.05) is 18.2 Å². The number of hydrogen-bond acceptors (Lipinski definition) is 10. The maximum Gasteiger partial charge on any atom is 0.412 e. The number of imidazole rings is 1. The second kappa shape index (κ2) is 15.4. The molecule has 0 unspecified atom stereocenters. The molecule has 246 valence electrons. The van der Waals surface area contributed by atoms with E-state index in [9.17, 15) is 14.4 Å². The van der Waals surface area contributed by atoms with E-state index < -0.39 is 12.1 Å². The number of methoxy groups -OCH3 is 1. The van der Waals surface area contributed by atoms with E-state index in [0.717, 1.165) is 17.0 Å². The molecule has 2 aromatic heterocycles. The Morgan fingerprint density at radius 1 is 0.938 bits per heavy atom. The third-order valence-electron chi connectivity index (χ3n) is 7.35. The normalized spacial score (nSPS) is 10.6. The van der Waals surface area contributed by atoms with E-state index in [0.29, 0.717) is 40.5 Å². The monoisotopic (exact) mass is 649 g/mol. The van der Waals surface area contributed by atoms with Crippen LogP contribution in [-0.4, -0.2) is 58.6 Å². The van der Waals surface area contributed by atoms with Gasteiger partial charge in [0.15, 0.2) is 11.5 Å². The second-order valence-electron chi connectivity index (χ2n) is 10.5. The van der Waals surface area contributed by atoms with Crippen LogP contribution in [0.3, 0.4) is 0 Å². The molecule has 0 bridgehead atoms. The molecular formula is C35H35N7O6. The van der Waals surface area contributed by atoms with Crippen LogP contribution in [0.25, 0.3) is 11.0 Å². The summed E-state index contributed by atoms with van der Waals surface area (Å²) in [7, 11) is 3.39. The maximum absolute atomic E-state index is 13.9. The minimum Gasteiger partial charge on any atom is -0.493 e. The lowest BCUT2D eigenvalue weighted by Crippen LogP contribution is -2.34. The van der Waals surface area contributed by atoms with Crippen molar-refractivity contribution in [3.63, 3.8) is 0 Å². The Hall–Kier alpha value is -6.24. The maximum atomic E-state index is 13.9. The number of benzene rings is 3. The van der Waals surface area contributed by atoms with Crippen LogP contribution in [0.4, 0.5) is 16.3 Å². The first-order valence-corrected chi connectivity index (χ1v) is 15.2. The largest absolute Gasteiger partial charge is 0.493 e. The van der Waals surface area contributed by atoms with Gasteiger partial charge in [-0.25, -0.2) is 14.8 Å². The summed E-state index contributed by atoms with van der Waals surface area (Å²) in [6.07, 6.45) is 0.833. The van der Waals surface area contributed by atoms with Crippen LogP contribution in [0.1, 0.15) is 35.1 Å². The number of para-hydroxylation sites is 2. The van der Waals surface area contributed by atoms with Gasteiger partial charge in [0.1, 0.15) is 17.5 Å². The highest BCUT2D eigenvalue weighted by atomic mass is 16.6. The molecule has 13 nitrogen and oxygen atoms in total. The molecule has 0 aliphatic rings. The van der Waals surface area contributed by atoms with Gasteiger partial charge < -0.3 is 24.1 Å². The molecule has 0 spiro atoms. The molecule has 0 saturated heterocycles. The molecule has 0 radical (unpaired) electrons. The van der Waals surface area contributed by atoms with Crippen LogP contribution in [0.5, 0.6) is 11.5 Å². The summed E-state index contributed by atoms with van der Waals surface area (Å²) in [5.41, 5.74) is 3.17. The second-order valence-corrected chi connectivity index (χ2v) is 10.5. The zero-order valence-corrected chi connectivity index (χ0v) is 26.7. The van der Waals surface area contributed by atoms with Crippen LogP contribution in [0.15, 0.2) is 91.1 Å². The van der Waals surface area contributed by atoms with Crippen molar-refractivity contribution in [2.75, 3.05) is 30.5 Å². The summed E-state index contributed by atoms with van der Waals surface area (Å²) in [6, 6.07) is 24.4. The van der Waals surface area contributed by atoms with E-state index in [1.54, 1.807) is 92.0 Å². The molecule has 2 heterocycles. The van der Waals surface area contributed by atoms with Gasteiger partial charge in [-0.3, -0.25) is 25.2 Å². The SMILES string of the molecule is CCOC(=O)NC(=N)c1ccc(NCc2nc3cc(C(=O)N(CCC(=O)Oc4ccccc4OC)c4ccccn4)ccc3n2C)cc1. The number of hydrogen-bond donors (Lipinski definition) is 3. The van der Waals surface area contributed by atoms with Crippen molar-refractivity contribution in [1.82, 2.24) is 19.9 Å². The lowest BCUT2D eigenvalue weighted by atomic mass is 10.1. The van der Waals surface area contributed by atoms with Gasteiger partial charge in [0.05, 0.1) is 37.7 Å². The number of carbonyl (C=O) groups excluding carboxylic acids is 3. The Balaban J connectivity index is 1.27. The number of alkyl carbamates (subject to hydrolysis) is 1. The number of amidine groups is 1. The summed E-state index contributed by atoms with van der Waals surface area (Å²) in [6.45, 7) is 2.34. The highest BCUT2D eigenvalue weighted by Gasteiger charge is 2.22. The third kappa shape index (κ3) is 7.94. The van der Waals surface area contributed by atoms with Crippen LogP contribution >= 0.6 is 0 Å². The Morgan fingerprint density at radius 2 is 1.67 bits per heavy atom. The molecule has 0 aliphatic heterocycles. The standard InChI is InChI=1S/C35H35N7O6/c1-4-47-35(45)40-33(36)23-12-15-25(16-13-23)38-22-31-39-26-21-24(14-17-27(26)41(31)2)34(44)42(30-11-7-8-19-37-30)20-18-32(43)48-29-10-6-5-9-28(29)46-3/h5-17,19,21,38H,4,18,20,22H2,1-3H3,(H2,36,40,45). The van der Waals surface area contributed by atoms with Crippen molar-refractivity contribution in [3.05, 3.63) is 108 Å². The fourth-order valence-electron chi connectivity index (χ4n) is 4.89.